The Morgan fingerprint density at radius 2 is 2.18 bits per heavy atom. The maximum atomic E-state index is 8.56. The molecule has 0 spiro atoms. The van der Waals surface area contributed by atoms with Crippen LogP contribution in [-0.2, 0) is 6.42 Å². The van der Waals surface area contributed by atoms with Crippen molar-refractivity contribution in [1.29, 1.82) is 5.26 Å². The summed E-state index contributed by atoms with van der Waals surface area (Å²) in [5.41, 5.74) is 4.72. The van der Waals surface area contributed by atoms with Gasteiger partial charge in [-0.1, -0.05) is 17.7 Å². The highest BCUT2D eigenvalue weighted by Crippen LogP contribution is 2.26. The summed E-state index contributed by atoms with van der Waals surface area (Å²) in [6.45, 7) is 4.19. The third-order valence-electron chi connectivity index (χ3n) is 2.67. The molecule has 1 heterocycles. The number of rotatable bonds is 3. The van der Waals surface area contributed by atoms with Crippen LogP contribution in [0.2, 0.25) is 0 Å². The summed E-state index contributed by atoms with van der Waals surface area (Å²) in [5, 5.41) is 11.7. The standard InChI is InChI=1S/C14H14N2S/c1-10-5-6-11(2)12(8-10)13-9-17-14(16-13)4-3-7-15/h5-6,8-9H,3-4H2,1-2H3. The first-order valence-corrected chi connectivity index (χ1v) is 6.47. The van der Waals surface area contributed by atoms with E-state index in [4.69, 9.17) is 5.26 Å². The summed E-state index contributed by atoms with van der Waals surface area (Å²) in [6, 6.07) is 8.55. The molecule has 0 saturated carbocycles. The SMILES string of the molecule is Cc1ccc(C)c(-c2csc(CCC#N)n2)c1. The summed E-state index contributed by atoms with van der Waals surface area (Å²) < 4.78 is 0. The third kappa shape index (κ3) is 2.72. The molecule has 86 valence electrons. The van der Waals surface area contributed by atoms with Crippen LogP contribution in [0.4, 0.5) is 0 Å². The Balaban J connectivity index is 2.30. The highest BCUT2D eigenvalue weighted by molar-refractivity contribution is 7.09. The van der Waals surface area contributed by atoms with Gasteiger partial charge in [0.25, 0.3) is 0 Å². The molecular formula is C14H14N2S. The summed E-state index contributed by atoms with van der Waals surface area (Å²) in [7, 11) is 0. The zero-order valence-corrected chi connectivity index (χ0v) is 10.8. The Labute approximate surface area is 106 Å². The number of thiazole rings is 1. The van der Waals surface area contributed by atoms with Crippen LogP contribution in [0.15, 0.2) is 23.6 Å². The predicted octanol–water partition coefficient (Wildman–Crippen LogP) is 3.88. The van der Waals surface area contributed by atoms with E-state index in [9.17, 15) is 0 Å². The molecule has 0 fully saturated rings. The van der Waals surface area contributed by atoms with Crippen LogP contribution >= 0.6 is 11.3 Å². The van der Waals surface area contributed by atoms with E-state index < -0.39 is 0 Å². The van der Waals surface area contributed by atoms with Gasteiger partial charge in [-0.3, -0.25) is 0 Å². The van der Waals surface area contributed by atoms with Crippen LogP contribution in [0.5, 0.6) is 0 Å². The molecule has 0 radical (unpaired) electrons. The first kappa shape index (κ1) is 11.8. The van der Waals surface area contributed by atoms with Crippen molar-refractivity contribution in [3.05, 3.63) is 39.7 Å². The molecule has 0 saturated heterocycles. The lowest BCUT2D eigenvalue weighted by Gasteiger charge is -2.03. The summed E-state index contributed by atoms with van der Waals surface area (Å²) in [4.78, 5) is 4.59. The second-order valence-electron chi connectivity index (χ2n) is 4.10. The van der Waals surface area contributed by atoms with E-state index in [1.54, 1.807) is 11.3 Å². The van der Waals surface area contributed by atoms with E-state index >= 15 is 0 Å². The quantitative estimate of drug-likeness (QED) is 0.819. The maximum Gasteiger partial charge on any atom is 0.0942 e. The summed E-state index contributed by atoms with van der Waals surface area (Å²) >= 11 is 1.64. The molecule has 0 aliphatic carbocycles. The minimum atomic E-state index is 0.541. The smallest absolute Gasteiger partial charge is 0.0942 e. The van der Waals surface area contributed by atoms with Crippen molar-refractivity contribution in [3.63, 3.8) is 0 Å². The Morgan fingerprint density at radius 3 is 2.94 bits per heavy atom. The van der Waals surface area contributed by atoms with Gasteiger partial charge < -0.3 is 0 Å². The number of aromatic nitrogens is 1. The van der Waals surface area contributed by atoms with Crippen LogP contribution in [0.1, 0.15) is 22.6 Å². The largest absolute Gasteiger partial charge is 0.241 e. The number of hydrogen-bond acceptors (Lipinski definition) is 3. The average molecular weight is 242 g/mol. The molecule has 0 unspecified atom stereocenters. The molecule has 3 heteroatoms. The number of nitriles is 1. The fourth-order valence-corrected chi connectivity index (χ4v) is 2.52. The Morgan fingerprint density at radius 1 is 1.35 bits per heavy atom. The van der Waals surface area contributed by atoms with Crippen molar-refractivity contribution >= 4 is 11.3 Å². The molecule has 17 heavy (non-hydrogen) atoms. The van der Waals surface area contributed by atoms with E-state index in [-0.39, 0.29) is 0 Å². The molecule has 2 aromatic rings. The first-order valence-electron chi connectivity index (χ1n) is 5.59. The zero-order valence-electron chi connectivity index (χ0n) is 10.0. The Bertz CT molecular complexity index is 564. The van der Waals surface area contributed by atoms with Gasteiger partial charge in [-0.2, -0.15) is 5.26 Å². The van der Waals surface area contributed by atoms with E-state index in [2.05, 4.69) is 48.5 Å². The lowest BCUT2D eigenvalue weighted by molar-refractivity contribution is 0.990. The predicted molar refractivity (Wildman–Crippen MR) is 71.0 cm³/mol. The molecule has 0 bridgehead atoms. The van der Waals surface area contributed by atoms with E-state index in [0.717, 1.165) is 17.1 Å². The third-order valence-corrected chi connectivity index (χ3v) is 3.58. The van der Waals surface area contributed by atoms with Gasteiger partial charge in [0.05, 0.1) is 16.8 Å². The minimum Gasteiger partial charge on any atom is -0.241 e. The molecule has 0 N–H and O–H groups in total. The van der Waals surface area contributed by atoms with Crippen LogP contribution in [0.25, 0.3) is 11.3 Å². The lowest BCUT2D eigenvalue weighted by atomic mass is 10.0. The van der Waals surface area contributed by atoms with Crippen LogP contribution in [0.3, 0.4) is 0 Å². The first-order chi connectivity index (χ1) is 8.20. The van der Waals surface area contributed by atoms with Crippen LogP contribution in [-0.4, -0.2) is 4.98 Å². The molecule has 0 amide bonds. The topological polar surface area (TPSA) is 36.7 Å². The van der Waals surface area contributed by atoms with Gasteiger partial charge in [-0.15, -0.1) is 11.3 Å². The molecule has 1 aromatic carbocycles. The van der Waals surface area contributed by atoms with Crippen molar-refractivity contribution in [2.75, 3.05) is 0 Å². The number of hydrogen-bond donors (Lipinski definition) is 0. The number of benzene rings is 1. The van der Waals surface area contributed by atoms with Crippen molar-refractivity contribution in [3.8, 4) is 17.3 Å². The molecular weight excluding hydrogens is 228 g/mol. The van der Waals surface area contributed by atoms with Gasteiger partial charge in [0.2, 0.25) is 0 Å². The molecule has 2 rings (SSSR count). The minimum absolute atomic E-state index is 0.541. The van der Waals surface area contributed by atoms with Crippen molar-refractivity contribution < 1.29 is 0 Å². The maximum absolute atomic E-state index is 8.56. The van der Waals surface area contributed by atoms with Crippen molar-refractivity contribution in [2.24, 2.45) is 0 Å². The van der Waals surface area contributed by atoms with Crippen molar-refractivity contribution in [2.45, 2.75) is 26.7 Å². The fourth-order valence-electron chi connectivity index (χ4n) is 1.72. The average Bonchev–Trinajstić information content (AvgIpc) is 2.78. The number of aryl methyl sites for hydroxylation is 3. The Kier molecular flexibility index (Phi) is 3.55. The lowest BCUT2D eigenvalue weighted by Crippen LogP contribution is -1.87. The zero-order chi connectivity index (χ0) is 12.3. The van der Waals surface area contributed by atoms with Crippen LogP contribution in [0, 0.1) is 25.2 Å². The normalized spacial score (nSPS) is 10.2. The van der Waals surface area contributed by atoms with Gasteiger partial charge in [-0.05, 0) is 25.5 Å². The highest BCUT2D eigenvalue weighted by Gasteiger charge is 2.07. The molecule has 0 atom stereocenters. The fraction of sp³-hybridized carbons (Fsp3) is 0.286. The van der Waals surface area contributed by atoms with E-state index in [1.165, 1.54) is 16.7 Å². The van der Waals surface area contributed by atoms with E-state index in [1.807, 2.05) is 0 Å². The van der Waals surface area contributed by atoms with Gasteiger partial charge in [-0.25, -0.2) is 4.98 Å². The highest BCUT2D eigenvalue weighted by atomic mass is 32.1. The van der Waals surface area contributed by atoms with Gasteiger partial charge in [0.1, 0.15) is 0 Å². The molecule has 1 aromatic heterocycles. The van der Waals surface area contributed by atoms with Gasteiger partial charge in [0, 0.05) is 23.8 Å². The molecule has 2 nitrogen and oxygen atoms in total. The van der Waals surface area contributed by atoms with Gasteiger partial charge in [0.15, 0.2) is 0 Å². The summed E-state index contributed by atoms with van der Waals surface area (Å²) in [5.74, 6) is 0. The van der Waals surface area contributed by atoms with E-state index in [0.29, 0.717) is 6.42 Å². The second kappa shape index (κ2) is 5.11. The second-order valence-corrected chi connectivity index (χ2v) is 5.05. The molecule has 0 aliphatic rings. The Hall–Kier alpha value is -1.66. The monoisotopic (exact) mass is 242 g/mol. The summed E-state index contributed by atoms with van der Waals surface area (Å²) in [6.07, 6.45) is 1.30. The number of nitrogens with zero attached hydrogens (tertiary/aromatic N) is 2. The van der Waals surface area contributed by atoms with Crippen LogP contribution < -0.4 is 0 Å². The molecule has 0 aliphatic heterocycles. The van der Waals surface area contributed by atoms with Gasteiger partial charge >= 0.3 is 0 Å². The van der Waals surface area contributed by atoms with Crippen molar-refractivity contribution in [1.82, 2.24) is 4.98 Å².